The summed E-state index contributed by atoms with van der Waals surface area (Å²) in [5, 5.41) is 20.6. The highest BCUT2D eigenvalue weighted by Gasteiger charge is 2.13. The highest BCUT2D eigenvalue weighted by Crippen LogP contribution is 2.21. The average molecular weight is 324 g/mol. The van der Waals surface area contributed by atoms with Gasteiger partial charge in [-0.15, -0.1) is 0 Å². The van der Waals surface area contributed by atoms with Gasteiger partial charge in [-0.25, -0.2) is 4.39 Å². The number of anilines is 1. The third-order valence-electron chi connectivity index (χ3n) is 3.69. The summed E-state index contributed by atoms with van der Waals surface area (Å²) in [6.07, 6.45) is 0. The Hall–Kier alpha value is -2.92. The molecule has 4 nitrogen and oxygen atoms in total. The Morgan fingerprint density at radius 1 is 1.04 bits per heavy atom. The summed E-state index contributed by atoms with van der Waals surface area (Å²) in [5.74, 6) is 0.516. The van der Waals surface area contributed by atoms with Crippen LogP contribution in [0, 0.1) is 11.2 Å². The Balaban J connectivity index is 1.82. The van der Waals surface area contributed by atoms with E-state index in [0.29, 0.717) is 34.9 Å². The zero-order valence-electron chi connectivity index (χ0n) is 12.9. The summed E-state index contributed by atoms with van der Waals surface area (Å²) in [4.78, 5) is 0. The van der Waals surface area contributed by atoms with Gasteiger partial charge < -0.3 is 14.8 Å². The van der Waals surface area contributed by atoms with Crippen molar-refractivity contribution in [3.05, 3.63) is 89.1 Å². The highest BCUT2D eigenvalue weighted by atomic mass is 19.1. The number of aliphatic hydroxyl groups excluding tert-OH is 1. The largest absolute Gasteiger partial charge is 0.457 e. The molecule has 122 valence electrons. The van der Waals surface area contributed by atoms with Crippen molar-refractivity contribution in [2.45, 2.75) is 13.2 Å². The Bertz CT molecular complexity index is 858. The number of hydrogen-bond donors (Lipinski definition) is 3. The Morgan fingerprint density at radius 2 is 1.79 bits per heavy atom. The number of nitrogens with one attached hydrogen (secondary N) is 2. The van der Waals surface area contributed by atoms with Crippen molar-refractivity contribution in [1.82, 2.24) is 0 Å². The van der Waals surface area contributed by atoms with Crippen LogP contribution in [0.25, 0.3) is 0 Å². The molecule has 0 spiro atoms. The molecular weight excluding hydrogens is 307 g/mol. The van der Waals surface area contributed by atoms with E-state index in [4.69, 9.17) is 14.9 Å². The van der Waals surface area contributed by atoms with Crippen molar-refractivity contribution in [1.29, 1.82) is 5.41 Å². The molecule has 0 atom stereocenters. The van der Waals surface area contributed by atoms with Gasteiger partial charge in [-0.3, -0.25) is 5.41 Å². The molecule has 0 fully saturated rings. The van der Waals surface area contributed by atoms with Crippen LogP contribution in [0.1, 0.15) is 22.6 Å². The zero-order chi connectivity index (χ0) is 16.9. The lowest BCUT2D eigenvalue weighted by Crippen LogP contribution is -2.08. The molecule has 0 aliphatic heterocycles. The molecular formula is C19H17FN2O2. The number of halogens is 1. The first-order chi connectivity index (χ1) is 11.7. The van der Waals surface area contributed by atoms with Crippen LogP contribution in [0.5, 0.6) is 0 Å². The lowest BCUT2D eigenvalue weighted by atomic mass is 10.1. The molecule has 0 bridgehead atoms. The number of hydrogen-bond acceptors (Lipinski definition) is 4. The second kappa shape index (κ2) is 7.10. The Labute approximate surface area is 139 Å². The number of aliphatic hydroxyl groups is 1. The second-order valence-corrected chi connectivity index (χ2v) is 5.29. The van der Waals surface area contributed by atoms with Crippen molar-refractivity contribution in [2.75, 3.05) is 5.32 Å². The van der Waals surface area contributed by atoms with Crippen molar-refractivity contribution in [2.24, 2.45) is 0 Å². The van der Waals surface area contributed by atoms with Crippen molar-refractivity contribution in [3.8, 4) is 0 Å². The Morgan fingerprint density at radius 3 is 2.54 bits per heavy atom. The van der Waals surface area contributed by atoms with Crippen LogP contribution in [-0.2, 0) is 13.2 Å². The molecule has 3 aromatic rings. The molecule has 5 heteroatoms. The molecule has 1 aromatic heterocycles. The molecule has 3 rings (SSSR count). The maximum atomic E-state index is 13.7. The molecule has 3 N–H and O–H groups in total. The van der Waals surface area contributed by atoms with Crippen LogP contribution in [0.3, 0.4) is 0 Å². The van der Waals surface area contributed by atoms with E-state index in [0.717, 1.165) is 0 Å². The van der Waals surface area contributed by atoms with Crippen molar-refractivity contribution >= 4 is 11.4 Å². The molecule has 2 aromatic carbocycles. The van der Waals surface area contributed by atoms with E-state index < -0.39 is 0 Å². The van der Waals surface area contributed by atoms with Gasteiger partial charge in [-0.1, -0.05) is 36.4 Å². The van der Waals surface area contributed by atoms with E-state index in [1.54, 1.807) is 36.4 Å². The van der Waals surface area contributed by atoms with E-state index in [1.165, 1.54) is 6.07 Å². The quantitative estimate of drug-likeness (QED) is 0.602. The van der Waals surface area contributed by atoms with E-state index in [9.17, 15) is 4.39 Å². The summed E-state index contributed by atoms with van der Waals surface area (Å²) < 4.78 is 19.2. The predicted molar refractivity (Wildman–Crippen MR) is 90.7 cm³/mol. The van der Waals surface area contributed by atoms with Crippen molar-refractivity contribution < 1.29 is 13.9 Å². The van der Waals surface area contributed by atoms with E-state index in [2.05, 4.69) is 5.32 Å². The van der Waals surface area contributed by atoms with Crippen molar-refractivity contribution in [3.63, 3.8) is 0 Å². The predicted octanol–water partition coefficient (Wildman–Crippen LogP) is 3.94. The van der Waals surface area contributed by atoms with Crippen LogP contribution < -0.4 is 5.32 Å². The molecule has 0 aliphatic rings. The fourth-order valence-corrected chi connectivity index (χ4v) is 2.42. The normalized spacial score (nSPS) is 10.6. The third-order valence-corrected chi connectivity index (χ3v) is 3.69. The first-order valence-electron chi connectivity index (χ1n) is 7.54. The van der Waals surface area contributed by atoms with E-state index >= 15 is 0 Å². The molecule has 0 saturated carbocycles. The first kappa shape index (κ1) is 16.0. The minimum atomic E-state index is -0.267. The highest BCUT2D eigenvalue weighted by molar-refractivity contribution is 6.12. The van der Waals surface area contributed by atoms with Gasteiger partial charge in [-0.05, 0) is 24.3 Å². The number of para-hydroxylation sites is 1. The van der Waals surface area contributed by atoms with Gasteiger partial charge in [0, 0.05) is 23.4 Å². The summed E-state index contributed by atoms with van der Waals surface area (Å²) in [6.45, 7) is 0.109. The fraction of sp³-hybridized carbons (Fsp3) is 0.105. The fourth-order valence-electron chi connectivity index (χ4n) is 2.42. The van der Waals surface area contributed by atoms with Gasteiger partial charge in [0.2, 0.25) is 0 Å². The number of benzene rings is 2. The molecule has 0 unspecified atom stereocenters. The monoisotopic (exact) mass is 324 g/mol. The topological polar surface area (TPSA) is 69.2 Å². The summed E-state index contributed by atoms with van der Waals surface area (Å²) in [5.41, 5.74) is 2.12. The van der Waals surface area contributed by atoms with Crippen LogP contribution in [0.2, 0.25) is 0 Å². The molecule has 0 amide bonds. The van der Waals surface area contributed by atoms with Gasteiger partial charge in [0.05, 0.1) is 0 Å². The number of rotatable bonds is 6. The number of furan rings is 1. The summed E-state index contributed by atoms with van der Waals surface area (Å²) in [7, 11) is 0. The molecule has 0 aliphatic carbocycles. The van der Waals surface area contributed by atoms with Crippen LogP contribution in [-0.4, -0.2) is 10.8 Å². The lowest BCUT2D eigenvalue weighted by molar-refractivity contribution is 0.246. The molecule has 24 heavy (non-hydrogen) atoms. The van der Waals surface area contributed by atoms with E-state index in [-0.39, 0.29) is 18.1 Å². The molecule has 1 heterocycles. The first-order valence-corrected chi connectivity index (χ1v) is 7.54. The minimum Gasteiger partial charge on any atom is -0.457 e. The van der Waals surface area contributed by atoms with Crippen LogP contribution in [0.4, 0.5) is 10.1 Å². The third kappa shape index (κ3) is 3.36. The maximum Gasteiger partial charge on any atom is 0.152 e. The van der Waals surface area contributed by atoms with Gasteiger partial charge in [0.1, 0.15) is 23.9 Å². The van der Waals surface area contributed by atoms with E-state index in [1.807, 2.05) is 18.2 Å². The standard InChI is InChI=1S/C19H17FN2O2/c20-16-7-3-1-5-13(16)11-22-17-8-4-2-6-15(17)19(21)18-10-9-14(12-23)24-18/h1-10,21-23H,11-12H2. The SMILES string of the molecule is N=C(c1ccc(CO)o1)c1ccccc1NCc1ccccc1F. The summed E-state index contributed by atoms with van der Waals surface area (Å²) >= 11 is 0. The minimum absolute atomic E-state index is 0.200. The van der Waals surface area contributed by atoms with Crippen LogP contribution in [0.15, 0.2) is 65.1 Å². The second-order valence-electron chi connectivity index (χ2n) is 5.29. The van der Waals surface area contributed by atoms with Crippen LogP contribution >= 0.6 is 0 Å². The van der Waals surface area contributed by atoms with Gasteiger partial charge >= 0.3 is 0 Å². The smallest absolute Gasteiger partial charge is 0.152 e. The van der Waals surface area contributed by atoms with Gasteiger partial charge in [0.25, 0.3) is 0 Å². The molecule has 0 radical (unpaired) electrons. The summed E-state index contributed by atoms with van der Waals surface area (Å²) in [6, 6.07) is 17.2. The average Bonchev–Trinajstić information content (AvgIpc) is 3.10. The zero-order valence-corrected chi connectivity index (χ0v) is 12.9. The molecule has 0 saturated heterocycles. The lowest BCUT2D eigenvalue weighted by Gasteiger charge is -2.12. The Kier molecular flexibility index (Phi) is 4.72. The van der Waals surface area contributed by atoms with Gasteiger partial charge in [0.15, 0.2) is 5.76 Å². The van der Waals surface area contributed by atoms with Gasteiger partial charge in [-0.2, -0.15) is 0 Å². The maximum absolute atomic E-state index is 13.7.